The first kappa shape index (κ1) is 20.1. The van der Waals surface area contributed by atoms with Gasteiger partial charge in [0.1, 0.15) is 5.76 Å². The Hall–Kier alpha value is -1.20. The molecule has 0 amide bonds. The minimum Gasteiger partial charge on any atom is -0.447 e. The molecule has 10 heteroatoms. The van der Waals surface area contributed by atoms with Gasteiger partial charge in [0, 0.05) is 30.6 Å². The summed E-state index contributed by atoms with van der Waals surface area (Å²) in [5.41, 5.74) is 0. The van der Waals surface area contributed by atoms with Gasteiger partial charge in [0.2, 0.25) is 5.09 Å². The molecule has 7 nitrogen and oxygen atoms in total. The summed E-state index contributed by atoms with van der Waals surface area (Å²) in [4.78, 5) is 3.22. The van der Waals surface area contributed by atoms with Crippen LogP contribution in [0.2, 0.25) is 0 Å². The van der Waals surface area contributed by atoms with E-state index < -0.39 is 19.9 Å². The molecule has 0 aliphatic carbocycles. The zero-order valence-corrected chi connectivity index (χ0v) is 17.9. The van der Waals surface area contributed by atoms with Crippen LogP contribution in [0.25, 0.3) is 0 Å². The molecule has 1 unspecified atom stereocenters. The van der Waals surface area contributed by atoms with E-state index in [9.17, 15) is 16.8 Å². The third-order valence-electron chi connectivity index (χ3n) is 5.32. The standard InChI is InChI=1S/C18H24N2O5S3/c21-27(22)11-7-15(14-27)19(13-17-4-3-10-26-17)12-16-5-6-18(25-16)28(23,24)20-8-1-2-9-20/h3-6,10,15H,1-2,7-9,11-14H2. The summed E-state index contributed by atoms with van der Waals surface area (Å²) in [7, 11) is -6.60. The first-order valence-corrected chi connectivity index (χ1v) is 13.5. The molecule has 2 aromatic rings. The lowest BCUT2D eigenvalue weighted by Gasteiger charge is -2.26. The molecular weight excluding hydrogens is 420 g/mol. The highest BCUT2D eigenvalue weighted by Crippen LogP contribution is 2.27. The molecular formula is C18H24N2O5S3. The van der Waals surface area contributed by atoms with Crippen LogP contribution in [0.5, 0.6) is 0 Å². The number of sulfonamides is 1. The van der Waals surface area contributed by atoms with Crippen molar-refractivity contribution in [3.05, 3.63) is 40.3 Å². The maximum Gasteiger partial charge on any atom is 0.276 e. The van der Waals surface area contributed by atoms with Crippen molar-refractivity contribution in [1.82, 2.24) is 9.21 Å². The molecule has 2 aliphatic rings. The topological polar surface area (TPSA) is 87.9 Å². The lowest BCUT2D eigenvalue weighted by Crippen LogP contribution is -2.35. The molecule has 2 aliphatic heterocycles. The summed E-state index contributed by atoms with van der Waals surface area (Å²) < 4.78 is 56.4. The highest BCUT2D eigenvalue weighted by Gasteiger charge is 2.34. The summed E-state index contributed by atoms with van der Waals surface area (Å²) in [6.45, 7) is 2.06. The van der Waals surface area contributed by atoms with Crippen LogP contribution in [-0.2, 0) is 33.0 Å². The minimum atomic E-state index is -3.59. The molecule has 4 heterocycles. The van der Waals surface area contributed by atoms with E-state index in [2.05, 4.69) is 4.90 Å². The van der Waals surface area contributed by atoms with Gasteiger partial charge in [0.25, 0.3) is 10.0 Å². The van der Waals surface area contributed by atoms with Gasteiger partial charge in [-0.2, -0.15) is 4.31 Å². The first-order chi connectivity index (χ1) is 13.3. The Balaban J connectivity index is 1.53. The molecule has 0 aromatic carbocycles. The molecule has 1 atom stereocenters. The molecule has 0 N–H and O–H groups in total. The van der Waals surface area contributed by atoms with E-state index in [-0.39, 0.29) is 22.6 Å². The lowest BCUT2D eigenvalue weighted by molar-refractivity contribution is 0.177. The quantitative estimate of drug-likeness (QED) is 0.651. The van der Waals surface area contributed by atoms with E-state index in [1.165, 1.54) is 10.4 Å². The second-order valence-electron chi connectivity index (χ2n) is 7.37. The third-order valence-corrected chi connectivity index (χ3v) is 9.70. The summed E-state index contributed by atoms with van der Waals surface area (Å²) in [6, 6.07) is 7.10. The number of hydrogen-bond donors (Lipinski definition) is 0. The summed E-state index contributed by atoms with van der Waals surface area (Å²) in [5, 5.41) is 1.96. The van der Waals surface area contributed by atoms with Crippen molar-refractivity contribution < 1.29 is 21.3 Å². The number of sulfone groups is 1. The fraction of sp³-hybridized carbons (Fsp3) is 0.556. The maximum absolute atomic E-state index is 12.7. The highest BCUT2D eigenvalue weighted by molar-refractivity contribution is 7.91. The van der Waals surface area contributed by atoms with Crippen LogP contribution in [-0.4, -0.2) is 56.7 Å². The van der Waals surface area contributed by atoms with E-state index >= 15 is 0 Å². The summed E-state index contributed by atoms with van der Waals surface area (Å²) in [5.74, 6) is 0.877. The largest absolute Gasteiger partial charge is 0.447 e. The maximum atomic E-state index is 12.7. The van der Waals surface area contributed by atoms with E-state index in [0.29, 0.717) is 38.4 Å². The van der Waals surface area contributed by atoms with Crippen LogP contribution in [0.4, 0.5) is 0 Å². The zero-order valence-electron chi connectivity index (χ0n) is 15.5. The number of rotatable bonds is 7. The van der Waals surface area contributed by atoms with Crippen LogP contribution in [0.1, 0.15) is 29.9 Å². The summed E-state index contributed by atoms with van der Waals surface area (Å²) in [6.07, 6.45) is 2.34. The number of hydrogen-bond acceptors (Lipinski definition) is 7. The molecule has 154 valence electrons. The Morgan fingerprint density at radius 3 is 2.61 bits per heavy atom. The second kappa shape index (κ2) is 7.91. The van der Waals surface area contributed by atoms with Crippen molar-refractivity contribution >= 4 is 31.2 Å². The minimum absolute atomic E-state index is 0.0282. The van der Waals surface area contributed by atoms with Crippen LogP contribution >= 0.6 is 11.3 Å². The first-order valence-electron chi connectivity index (χ1n) is 9.39. The van der Waals surface area contributed by atoms with Crippen LogP contribution in [0.15, 0.2) is 39.2 Å². The van der Waals surface area contributed by atoms with Gasteiger partial charge >= 0.3 is 0 Å². The smallest absolute Gasteiger partial charge is 0.276 e. The predicted molar refractivity (Wildman–Crippen MR) is 107 cm³/mol. The predicted octanol–water partition coefficient (Wildman–Crippen LogP) is 2.31. The highest BCUT2D eigenvalue weighted by atomic mass is 32.2. The summed E-state index contributed by atoms with van der Waals surface area (Å²) >= 11 is 1.62. The molecule has 0 saturated carbocycles. The SMILES string of the molecule is O=S1(=O)CCC(N(Cc2ccc(S(=O)(=O)N3CCCC3)o2)Cc2cccs2)C1. The van der Waals surface area contributed by atoms with Crippen molar-refractivity contribution in [3.8, 4) is 0 Å². The number of thiophene rings is 1. The van der Waals surface area contributed by atoms with Crippen molar-refractivity contribution in [2.75, 3.05) is 24.6 Å². The van der Waals surface area contributed by atoms with Crippen LogP contribution in [0, 0.1) is 0 Å². The van der Waals surface area contributed by atoms with Gasteiger partial charge in [-0.3, -0.25) is 4.90 Å². The average Bonchev–Trinajstić information content (AvgIpc) is 3.42. The molecule has 0 bridgehead atoms. The third kappa shape index (κ3) is 4.35. The normalized spacial score (nSPS) is 23.0. The van der Waals surface area contributed by atoms with E-state index in [1.54, 1.807) is 17.4 Å². The molecule has 2 saturated heterocycles. The van der Waals surface area contributed by atoms with E-state index in [4.69, 9.17) is 4.42 Å². The van der Waals surface area contributed by atoms with Crippen molar-refractivity contribution in [3.63, 3.8) is 0 Å². The lowest BCUT2D eigenvalue weighted by atomic mass is 10.2. The molecule has 0 radical (unpaired) electrons. The fourth-order valence-electron chi connectivity index (χ4n) is 3.82. The fourth-order valence-corrected chi connectivity index (χ4v) is 7.75. The Labute approximate surface area is 169 Å². The van der Waals surface area contributed by atoms with Crippen LogP contribution in [0.3, 0.4) is 0 Å². The zero-order chi connectivity index (χ0) is 19.8. The van der Waals surface area contributed by atoms with Gasteiger partial charge in [-0.1, -0.05) is 6.07 Å². The molecule has 28 heavy (non-hydrogen) atoms. The molecule has 2 fully saturated rings. The van der Waals surface area contributed by atoms with Gasteiger partial charge in [0.15, 0.2) is 9.84 Å². The van der Waals surface area contributed by atoms with Gasteiger partial charge in [-0.05, 0) is 42.8 Å². The van der Waals surface area contributed by atoms with Crippen molar-refractivity contribution in [2.24, 2.45) is 0 Å². The monoisotopic (exact) mass is 444 g/mol. The molecule has 4 rings (SSSR count). The second-order valence-corrected chi connectivity index (χ2v) is 12.5. The molecule has 0 spiro atoms. The Bertz CT molecular complexity index is 1010. The van der Waals surface area contributed by atoms with Gasteiger partial charge in [-0.25, -0.2) is 16.8 Å². The average molecular weight is 445 g/mol. The van der Waals surface area contributed by atoms with Gasteiger partial charge in [0.05, 0.1) is 18.1 Å². The molecule has 2 aromatic heterocycles. The number of furan rings is 1. The Morgan fingerprint density at radius 1 is 1.18 bits per heavy atom. The van der Waals surface area contributed by atoms with Gasteiger partial charge < -0.3 is 4.42 Å². The number of nitrogens with zero attached hydrogens (tertiary/aromatic N) is 2. The Kier molecular flexibility index (Phi) is 5.67. The van der Waals surface area contributed by atoms with Crippen molar-refractivity contribution in [2.45, 2.75) is 43.5 Å². The van der Waals surface area contributed by atoms with E-state index in [0.717, 1.165) is 17.7 Å². The van der Waals surface area contributed by atoms with Crippen molar-refractivity contribution in [1.29, 1.82) is 0 Å². The Morgan fingerprint density at radius 2 is 1.96 bits per heavy atom. The van der Waals surface area contributed by atoms with E-state index in [1.807, 2.05) is 17.5 Å². The van der Waals surface area contributed by atoms with Crippen LogP contribution < -0.4 is 0 Å². The van der Waals surface area contributed by atoms with Gasteiger partial charge in [-0.15, -0.1) is 11.3 Å².